The predicted octanol–water partition coefficient (Wildman–Crippen LogP) is 7.15. The third kappa shape index (κ3) is 7.99. The molecule has 0 atom stereocenters. The van der Waals surface area contributed by atoms with Gasteiger partial charge in [0.2, 0.25) is 5.75 Å². The molecule has 0 saturated heterocycles. The molecule has 182 valence electrons. The molecule has 0 aliphatic heterocycles. The van der Waals surface area contributed by atoms with Crippen LogP contribution in [0.15, 0.2) is 46.3 Å². The van der Waals surface area contributed by atoms with Crippen LogP contribution in [0, 0.1) is 0 Å². The monoisotopic (exact) mass is 455 g/mol. The minimum Gasteiger partial charge on any atom is -0.504 e. The van der Waals surface area contributed by atoms with Gasteiger partial charge >= 0.3 is 0 Å². The first kappa shape index (κ1) is 26.6. The van der Waals surface area contributed by atoms with Crippen molar-refractivity contribution >= 4 is 10.9 Å². The molecule has 1 aromatic heterocycles. The highest BCUT2D eigenvalue weighted by Gasteiger charge is 2.18. The van der Waals surface area contributed by atoms with Crippen LogP contribution in [0.4, 0.5) is 0 Å². The molecule has 1 heterocycles. The van der Waals surface area contributed by atoms with Gasteiger partial charge in [0.1, 0.15) is 12.4 Å². The first-order chi connectivity index (χ1) is 15.9. The molecule has 5 heteroatoms. The second-order valence-corrected chi connectivity index (χ2v) is 8.97. The van der Waals surface area contributed by atoms with E-state index in [-0.39, 0.29) is 23.7 Å². The van der Waals surface area contributed by atoms with E-state index in [0.717, 1.165) is 25.7 Å². The molecule has 1 N–H and O–H groups in total. The van der Waals surface area contributed by atoms with Gasteiger partial charge in [0, 0.05) is 18.0 Å². The molecular weight excluding hydrogens is 414 g/mol. The maximum Gasteiger partial charge on any atom is 0.297 e. The number of ether oxygens (including phenoxy) is 2. The number of aryl methyl sites for hydroxylation is 1. The Labute approximate surface area is 198 Å². The lowest BCUT2D eigenvalue weighted by Gasteiger charge is -2.16. The average Bonchev–Trinajstić information content (AvgIpc) is 2.79. The summed E-state index contributed by atoms with van der Waals surface area (Å²) >= 11 is 0. The maximum absolute atomic E-state index is 13.3. The van der Waals surface area contributed by atoms with E-state index in [9.17, 15) is 9.90 Å². The van der Waals surface area contributed by atoms with Gasteiger partial charge in [-0.25, -0.2) is 0 Å². The van der Waals surface area contributed by atoms with Crippen LogP contribution in [-0.2, 0) is 6.54 Å². The lowest BCUT2D eigenvalue weighted by Crippen LogP contribution is -2.23. The van der Waals surface area contributed by atoms with Gasteiger partial charge < -0.3 is 19.1 Å². The van der Waals surface area contributed by atoms with E-state index in [1.165, 1.54) is 36.8 Å². The van der Waals surface area contributed by atoms with Crippen molar-refractivity contribution in [2.45, 2.75) is 85.6 Å². The van der Waals surface area contributed by atoms with Crippen molar-refractivity contribution in [2.75, 3.05) is 13.7 Å². The molecule has 0 radical (unpaired) electrons. The molecule has 0 aliphatic rings. The van der Waals surface area contributed by atoms with Gasteiger partial charge in [-0.1, -0.05) is 56.3 Å². The van der Waals surface area contributed by atoms with Crippen LogP contribution in [0.25, 0.3) is 10.9 Å². The Morgan fingerprint density at radius 1 is 1.06 bits per heavy atom. The molecule has 33 heavy (non-hydrogen) atoms. The van der Waals surface area contributed by atoms with Crippen LogP contribution in [0.1, 0.15) is 79.1 Å². The van der Waals surface area contributed by atoms with Gasteiger partial charge in [0.05, 0.1) is 12.6 Å². The molecule has 0 aliphatic carbocycles. The van der Waals surface area contributed by atoms with Crippen molar-refractivity contribution < 1.29 is 14.6 Å². The Morgan fingerprint density at radius 3 is 2.48 bits per heavy atom. The van der Waals surface area contributed by atoms with Crippen LogP contribution in [0.5, 0.6) is 17.2 Å². The molecule has 0 amide bonds. The Balaban J connectivity index is 2.25. The first-order valence-electron chi connectivity index (χ1n) is 12.2. The fraction of sp³-hybridized carbons (Fsp3) is 0.536. The second-order valence-electron chi connectivity index (χ2n) is 8.97. The SMILES string of the molecule is CCCCCCCCn1c(=O)c(OC/C=C(\C)CCC=C(C)C)c(O)c2ccc(OC)cc21. The van der Waals surface area contributed by atoms with E-state index in [4.69, 9.17) is 9.47 Å². The lowest BCUT2D eigenvalue weighted by molar-refractivity contribution is 0.328. The molecule has 0 fully saturated rings. The molecule has 2 aromatic rings. The molecule has 1 aromatic carbocycles. The summed E-state index contributed by atoms with van der Waals surface area (Å²) in [5, 5.41) is 11.4. The maximum atomic E-state index is 13.3. The van der Waals surface area contributed by atoms with E-state index in [1.54, 1.807) is 23.8 Å². The number of rotatable bonds is 14. The van der Waals surface area contributed by atoms with Crippen LogP contribution in [0.3, 0.4) is 0 Å². The highest BCUT2D eigenvalue weighted by molar-refractivity contribution is 5.88. The third-order valence-electron chi connectivity index (χ3n) is 5.89. The molecule has 0 unspecified atom stereocenters. The zero-order valence-corrected chi connectivity index (χ0v) is 21.1. The van der Waals surface area contributed by atoms with E-state index in [1.807, 2.05) is 12.1 Å². The number of benzene rings is 1. The Hall–Kier alpha value is -2.69. The Morgan fingerprint density at radius 2 is 1.79 bits per heavy atom. The first-order valence-corrected chi connectivity index (χ1v) is 12.2. The minimum atomic E-state index is -0.294. The highest BCUT2D eigenvalue weighted by Crippen LogP contribution is 2.33. The number of nitrogens with zero attached hydrogens (tertiary/aromatic N) is 1. The summed E-state index contributed by atoms with van der Waals surface area (Å²) in [7, 11) is 1.60. The molecule has 0 spiro atoms. The fourth-order valence-corrected chi connectivity index (χ4v) is 3.88. The van der Waals surface area contributed by atoms with Crippen molar-refractivity contribution in [1.29, 1.82) is 0 Å². The van der Waals surface area contributed by atoms with E-state index >= 15 is 0 Å². The summed E-state index contributed by atoms with van der Waals surface area (Å²) in [6.07, 6.45) is 13.0. The number of aromatic nitrogens is 1. The second kappa shape index (κ2) is 13.8. The van der Waals surface area contributed by atoms with E-state index in [0.29, 0.717) is 23.2 Å². The lowest BCUT2D eigenvalue weighted by atomic mass is 10.1. The van der Waals surface area contributed by atoms with Crippen molar-refractivity contribution in [3.63, 3.8) is 0 Å². The van der Waals surface area contributed by atoms with Gasteiger partial charge in [0.15, 0.2) is 5.75 Å². The van der Waals surface area contributed by atoms with Gasteiger partial charge in [-0.15, -0.1) is 0 Å². The molecule has 2 rings (SSSR count). The summed E-state index contributed by atoms with van der Waals surface area (Å²) in [6.45, 7) is 9.29. The summed E-state index contributed by atoms with van der Waals surface area (Å²) in [5.74, 6) is 0.570. The van der Waals surface area contributed by atoms with Crippen LogP contribution < -0.4 is 15.0 Å². The van der Waals surface area contributed by atoms with Crippen molar-refractivity contribution in [2.24, 2.45) is 0 Å². The summed E-state index contributed by atoms with van der Waals surface area (Å²) < 4.78 is 12.9. The predicted molar refractivity (Wildman–Crippen MR) is 138 cm³/mol. The van der Waals surface area contributed by atoms with E-state index < -0.39 is 0 Å². The number of aromatic hydroxyl groups is 1. The van der Waals surface area contributed by atoms with Crippen molar-refractivity contribution in [1.82, 2.24) is 4.57 Å². The topological polar surface area (TPSA) is 60.7 Å². The van der Waals surface area contributed by atoms with Gasteiger partial charge in [-0.2, -0.15) is 0 Å². The van der Waals surface area contributed by atoms with Crippen LogP contribution in [0.2, 0.25) is 0 Å². The molecule has 5 nitrogen and oxygen atoms in total. The third-order valence-corrected chi connectivity index (χ3v) is 5.89. The largest absolute Gasteiger partial charge is 0.504 e. The average molecular weight is 456 g/mol. The van der Waals surface area contributed by atoms with Crippen molar-refractivity contribution in [3.8, 4) is 17.2 Å². The Bertz CT molecular complexity index is 1010. The number of methoxy groups -OCH3 is 1. The van der Waals surface area contributed by atoms with Gasteiger partial charge in [-0.05, 0) is 58.2 Å². The summed E-state index contributed by atoms with van der Waals surface area (Å²) in [5.41, 5.74) is 2.89. The van der Waals surface area contributed by atoms with Crippen molar-refractivity contribution in [3.05, 3.63) is 51.9 Å². The quantitative estimate of drug-likeness (QED) is 0.243. The minimum absolute atomic E-state index is 0.0204. The number of pyridine rings is 1. The Kier molecular flexibility index (Phi) is 11.1. The molecular formula is C28H41NO4. The standard InChI is InChI=1S/C28H41NO4/c1-6-7-8-9-10-11-18-29-25-20-23(32-5)15-16-24(25)26(30)27(28(29)31)33-19-17-22(4)14-12-13-21(2)3/h13,15-17,20,30H,6-12,14,18-19H2,1-5H3/b22-17+. The number of hydrogen-bond donors (Lipinski definition) is 1. The van der Waals surface area contributed by atoms with Gasteiger partial charge in [0.25, 0.3) is 5.56 Å². The molecule has 0 saturated carbocycles. The number of unbranched alkanes of at least 4 members (excludes halogenated alkanes) is 5. The number of hydrogen-bond acceptors (Lipinski definition) is 4. The zero-order chi connectivity index (χ0) is 24.2. The smallest absolute Gasteiger partial charge is 0.297 e. The van der Waals surface area contributed by atoms with Crippen LogP contribution in [-0.4, -0.2) is 23.4 Å². The van der Waals surface area contributed by atoms with Gasteiger partial charge in [-0.3, -0.25) is 4.79 Å². The van der Waals surface area contributed by atoms with Crippen LogP contribution >= 0.6 is 0 Å². The van der Waals surface area contributed by atoms with E-state index in [2.05, 4.69) is 33.8 Å². The summed E-state index contributed by atoms with van der Waals surface area (Å²) in [6, 6.07) is 5.39. The zero-order valence-electron chi connectivity index (χ0n) is 21.1. The number of fused-ring (bicyclic) bond motifs is 1. The summed E-state index contributed by atoms with van der Waals surface area (Å²) in [4.78, 5) is 13.3. The molecule has 0 bridgehead atoms. The number of allylic oxidation sites excluding steroid dienone is 3. The highest BCUT2D eigenvalue weighted by atomic mass is 16.5. The fourth-order valence-electron chi connectivity index (χ4n) is 3.88. The normalized spacial score (nSPS) is 11.6.